The zero-order valence-electron chi connectivity index (χ0n) is 9.79. The van der Waals surface area contributed by atoms with E-state index in [1.807, 2.05) is 0 Å². The minimum atomic E-state index is -1.20. The van der Waals surface area contributed by atoms with Gasteiger partial charge in [0, 0.05) is 24.2 Å². The van der Waals surface area contributed by atoms with Gasteiger partial charge in [0.15, 0.2) is 5.78 Å². The van der Waals surface area contributed by atoms with Gasteiger partial charge in [-0.3, -0.25) is 4.79 Å². The van der Waals surface area contributed by atoms with Crippen molar-refractivity contribution in [1.29, 1.82) is 0 Å². The van der Waals surface area contributed by atoms with Crippen LogP contribution >= 0.6 is 0 Å². The lowest BCUT2D eigenvalue weighted by molar-refractivity contribution is 0.0985. The minimum absolute atomic E-state index is 0.204. The van der Waals surface area contributed by atoms with Crippen molar-refractivity contribution in [3.05, 3.63) is 65.0 Å². The Morgan fingerprint density at radius 2 is 1.68 bits per heavy atom. The van der Waals surface area contributed by atoms with E-state index in [0.717, 1.165) is 0 Å². The first-order valence-electron chi connectivity index (χ1n) is 5.49. The van der Waals surface area contributed by atoms with Gasteiger partial charge in [-0.05, 0) is 17.7 Å². The first-order chi connectivity index (χ1) is 8.97. The largest absolute Gasteiger partial charge is 0.399 e. The summed E-state index contributed by atoms with van der Waals surface area (Å²) in [5.41, 5.74) is 5.80. The van der Waals surface area contributed by atoms with Gasteiger partial charge in [0.05, 0.1) is 5.56 Å². The van der Waals surface area contributed by atoms with E-state index in [2.05, 4.69) is 0 Å². The van der Waals surface area contributed by atoms with Crippen molar-refractivity contribution in [3.8, 4) is 0 Å². The molecular formula is C14H10F3NO. The number of ketones is 1. The van der Waals surface area contributed by atoms with Crippen LogP contribution in [0.15, 0.2) is 36.4 Å². The normalized spacial score (nSPS) is 10.5. The lowest BCUT2D eigenvalue weighted by Gasteiger charge is -2.05. The van der Waals surface area contributed by atoms with E-state index < -0.39 is 28.8 Å². The average molecular weight is 265 g/mol. The summed E-state index contributed by atoms with van der Waals surface area (Å²) in [6.07, 6.45) is -0.204. The minimum Gasteiger partial charge on any atom is -0.399 e. The van der Waals surface area contributed by atoms with Crippen LogP contribution in [0.25, 0.3) is 0 Å². The Balaban J connectivity index is 2.31. The molecule has 0 spiro atoms. The lowest BCUT2D eigenvalue weighted by atomic mass is 10.0. The third-order valence-corrected chi connectivity index (χ3v) is 2.60. The molecule has 0 fully saturated rings. The highest BCUT2D eigenvalue weighted by molar-refractivity contribution is 5.98. The second kappa shape index (κ2) is 5.14. The summed E-state index contributed by atoms with van der Waals surface area (Å²) >= 11 is 0. The van der Waals surface area contributed by atoms with Crippen LogP contribution in [0.2, 0.25) is 0 Å². The smallest absolute Gasteiger partial charge is 0.173 e. The number of Topliss-reactive ketones (excluding diaryl/α,β-unsaturated/α-hetero) is 1. The number of halogens is 3. The zero-order valence-corrected chi connectivity index (χ0v) is 9.79. The van der Waals surface area contributed by atoms with Crippen molar-refractivity contribution in [1.82, 2.24) is 0 Å². The van der Waals surface area contributed by atoms with Gasteiger partial charge in [0.25, 0.3) is 0 Å². The van der Waals surface area contributed by atoms with Crippen LogP contribution in [0.5, 0.6) is 0 Å². The summed E-state index contributed by atoms with van der Waals surface area (Å²) in [5, 5.41) is 0. The van der Waals surface area contributed by atoms with E-state index in [1.165, 1.54) is 6.07 Å². The van der Waals surface area contributed by atoms with Crippen LogP contribution in [0.3, 0.4) is 0 Å². The summed E-state index contributed by atoms with van der Waals surface area (Å²) < 4.78 is 39.6. The van der Waals surface area contributed by atoms with Crippen LogP contribution in [0, 0.1) is 17.5 Å². The Morgan fingerprint density at radius 1 is 1.05 bits per heavy atom. The molecule has 0 bridgehead atoms. The third kappa shape index (κ3) is 2.93. The topological polar surface area (TPSA) is 43.1 Å². The molecule has 0 aromatic heterocycles. The Hall–Kier alpha value is -2.30. The van der Waals surface area contributed by atoms with Crippen LogP contribution in [0.4, 0.5) is 18.9 Å². The molecule has 0 aliphatic carbocycles. The standard InChI is InChI=1S/C14H10F3NO/c15-9-6-11(16)14(12(17)7-9)13(19)5-8-2-1-3-10(18)4-8/h1-4,6-7H,5,18H2. The SMILES string of the molecule is Nc1cccc(CC(=O)c2c(F)cc(F)cc2F)c1. The second-order valence-corrected chi connectivity index (χ2v) is 4.09. The number of nitrogen functional groups attached to an aromatic ring is 1. The fraction of sp³-hybridized carbons (Fsp3) is 0.0714. The molecule has 0 radical (unpaired) electrons. The Labute approximate surface area is 107 Å². The summed E-state index contributed by atoms with van der Waals surface area (Å²) in [7, 11) is 0. The highest BCUT2D eigenvalue weighted by atomic mass is 19.1. The van der Waals surface area contributed by atoms with Crippen molar-refractivity contribution in [3.63, 3.8) is 0 Å². The zero-order chi connectivity index (χ0) is 14.0. The van der Waals surface area contributed by atoms with Crippen molar-refractivity contribution >= 4 is 11.5 Å². The van der Waals surface area contributed by atoms with Gasteiger partial charge >= 0.3 is 0 Å². The van der Waals surface area contributed by atoms with Gasteiger partial charge in [-0.15, -0.1) is 0 Å². The van der Waals surface area contributed by atoms with E-state index in [0.29, 0.717) is 23.4 Å². The maximum Gasteiger partial charge on any atom is 0.173 e. The van der Waals surface area contributed by atoms with E-state index >= 15 is 0 Å². The predicted molar refractivity (Wildman–Crippen MR) is 65.2 cm³/mol. The van der Waals surface area contributed by atoms with Gasteiger partial charge < -0.3 is 5.73 Å². The van der Waals surface area contributed by atoms with Gasteiger partial charge in [-0.2, -0.15) is 0 Å². The monoisotopic (exact) mass is 265 g/mol. The maximum absolute atomic E-state index is 13.4. The van der Waals surface area contributed by atoms with Crippen LogP contribution < -0.4 is 5.73 Å². The van der Waals surface area contributed by atoms with Crippen molar-refractivity contribution in [2.45, 2.75) is 6.42 Å². The number of benzene rings is 2. The fourth-order valence-corrected chi connectivity index (χ4v) is 1.79. The summed E-state index contributed by atoms with van der Waals surface area (Å²) in [6, 6.07) is 7.39. The van der Waals surface area contributed by atoms with Crippen LogP contribution in [0.1, 0.15) is 15.9 Å². The van der Waals surface area contributed by atoms with Crippen LogP contribution in [-0.2, 0) is 6.42 Å². The molecule has 2 rings (SSSR count). The van der Waals surface area contributed by atoms with Gasteiger partial charge in [-0.1, -0.05) is 12.1 Å². The molecular weight excluding hydrogens is 255 g/mol. The summed E-state index contributed by atoms with van der Waals surface area (Å²) in [5.74, 6) is -4.23. The first kappa shape index (κ1) is 13.1. The maximum atomic E-state index is 13.4. The molecule has 0 atom stereocenters. The molecule has 2 aromatic carbocycles. The Kier molecular flexibility index (Phi) is 3.55. The number of anilines is 1. The van der Waals surface area contributed by atoms with Gasteiger partial charge in [0.2, 0.25) is 0 Å². The molecule has 98 valence electrons. The molecule has 0 unspecified atom stereocenters. The number of hydrogen-bond donors (Lipinski definition) is 1. The highest BCUT2D eigenvalue weighted by Crippen LogP contribution is 2.18. The predicted octanol–water partition coefficient (Wildman–Crippen LogP) is 3.11. The van der Waals surface area contributed by atoms with E-state index in [-0.39, 0.29) is 6.42 Å². The van der Waals surface area contributed by atoms with Crippen molar-refractivity contribution in [2.24, 2.45) is 0 Å². The fourth-order valence-electron chi connectivity index (χ4n) is 1.79. The van der Waals surface area contributed by atoms with Crippen LogP contribution in [-0.4, -0.2) is 5.78 Å². The molecule has 2 aromatic rings. The Bertz CT molecular complexity index is 617. The molecule has 0 heterocycles. The molecule has 5 heteroatoms. The van der Waals surface area contributed by atoms with E-state index in [1.54, 1.807) is 18.2 Å². The number of carbonyl (C=O) groups excluding carboxylic acids is 1. The molecule has 0 saturated heterocycles. The second-order valence-electron chi connectivity index (χ2n) is 4.09. The lowest BCUT2D eigenvalue weighted by Crippen LogP contribution is -2.10. The van der Waals surface area contributed by atoms with Crippen molar-refractivity contribution < 1.29 is 18.0 Å². The molecule has 2 nitrogen and oxygen atoms in total. The van der Waals surface area contributed by atoms with Gasteiger partial charge in [-0.25, -0.2) is 13.2 Å². The molecule has 0 saturated carbocycles. The summed E-state index contributed by atoms with van der Waals surface area (Å²) in [4.78, 5) is 11.8. The number of carbonyl (C=O) groups is 1. The molecule has 0 amide bonds. The number of hydrogen-bond acceptors (Lipinski definition) is 2. The average Bonchev–Trinajstić information content (AvgIpc) is 2.27. The molecule has 19 heavy (non-hydrogen) atoms. The first-order valence-corrected chi connectivity index (χ1v) is 5.49. The molecule has 0 aliphatic heterocycles. The summed E-state index contributed by atoms with van der Waals surface area (Å²) in [6.45, 7) is 0. The Morgan fingerprint density at radius 3 is 2.26 bits per heavy atom. The third-order valence-electron chi connectivity index (χ3n) is 2.60. The van der Waals surface area contributed by atoms with E-state index in [4.69, 9.17) is 5.73 Å². The quantitative estimate of drug-likeness (QED) is 0.684. The van der Waals surface area contributed by atoms with E-state index in [9.17, 15) is 18.0 Å². The number of rotatable bonds is 3. The molecule has 2 N–H and O–H groups in total. The van der Waals surface area contributed by atoms with Crippen molar-refractivity contribution in [2.75, 3.05) is 5.73 Å². The highest BCUT2D eigenvalue weighted by Gasteiger charge is 2.19. The molecule has 0 aliphatic rings. The number of nitrogens with two attached hydrogens (primary N) is 1. The van der Waals surface area contributed by atoms with Gasteiger partial charge in [0.1, 0.15) is 17.5 Å².